The molecule has 1 atom stereocenters. The van der Waals surface area contributed by atoms with Crippen LogP contribution in [0, 0.1) is 0 Å². The Morgan fingerprint density at radius 1 is 1.92 bits per heavy atom. The van der Waals surface area contributed by atoms with Crippen LogP contribution >= 0.6 is 0 Å². The maximum Gasteiger partial charge on any atom is 0.326 e. The Hall–Kier alpha value is -1.52. The lowest BCUT2D eigenvalue weighted by Gasteiger charge is -2.09. The normalized spacial score (nSPS) is 12.8. The highest BCUT2D eigenvalue weighted by Crippen LogP contribution is 2.12. The first-order valence-electron chi connectivity index (χ1n) is 3.67. The van der Waals surface area contributed by atoms with Gasteiger partial charge in [0.05, 0.1) is 6.33 Å². The molecule has 5 heteroatoms. The molecule has 66 valence electrons. The smallest absolute Gasteiger partial charge is 0.326 e. The van der Waals surface area contributed by atoms with Crippen LogP contribution in [0.1, 0.15) is 19.4 Å². The standard InChI is InChI=1S/C7H11N3O2/c1-2-5(7(11)12)10-3-6(8)9-4-10/h3-5H,2,8H2,1H3,(H,11,12). The summed E-state index contributed by atoms with van der Waals surface area (Å²) < 4.78 is 1.50. The highest BCUT2D eigenvalue weighted by molar-refractivity contribution is 5.71. The predicted octanol–water partition coefficient (Wildman–Crippen LogP) is 0.501. The minimum atomic E-state index is -0.866. The molecule has 1 heterocycles. The van der Waals surface area contributed by atoms with Crippen LogP contribution in [0.25, 0.3) is 0 Å². The Labute approximate surface area is 69.8 Å². The third kappa shape index (κ3) is 1.55. The molecule has 0 aliphatic rings. The molecule has 0 amide bonds. The Bertz CT molecular complexity index is 282. The van der Waals surface area contributed by atoms with Gasteiger partial charge in [0.2, 0.25) is 0 Å². The summed E-state index contributed by atoms with van der Waals surface area (Å²) in [5.41, 5.74) is 5.35. The fraction of sp³-hybridized carbons (Fsp3) is 0.429. The molecule has 1 aromatic rings. The number of hydrogen-bond acceptors (Lipinski definition) is 3. The largest absolute Gasteiger partial charge is 0.480 e. The van der Waals surface area contributed by atoms with Gasteiger partial charge in [0.1, 0.15) is 11.9 Å². The lowest BCUT2D eigenvalue weighted by Crippen LogP contribution is -2.16. The Balaban J connectivity index is 2.87. The van der Waals surface area contributed by atoms with Crippen LogP contribution in [0.2, 0.25) is 0 Å². The first-order chi connectivity index (χ1) is 5.65. The number of nitrogen functional groups attached to an aromatic ring is 1. The molecule has 0 fully saturated rings. The van der Waals surface area contributed by atoms with Crippen molar-refractivity contribution in [1.29, 1.82) is 0 Å². The summed E-state index contributed by atoms with van der Waals surface area (Å²) in [5, 5.41) is 8.75. The Morgan fingerprint density at radius 3 is 2.92 bits per heavy atom. The van der Waals surface area contributed by atoms with Crippen LogP contribution < -0.4 is 5.73 Å². The van der Waals surface area contributed by atoms with Crippen LogP contribution in [0.3, 0.4) is 0 Å². The second kappa shape index (κ2) is 3.25. The second-order valence-corrected chi connectivity index (χ2v) is 2.51. The first-order valence-corrected chi connectivity index (χ1v) is 3.67. The van der Waals surface area contributed by atoms with E-state index in [2.05, 4.69) is 4.98 Å². The maximum atomic E-state index is 10.7. The van der Waals surface area contributed by atoms with Crippen molar-refractivity contribution >= 4 is 11.8 Å². The number of carboxylic acid groups (broad SMARTS) is 1. The number of carbonyl (C=O) groups is 1. The molecule has 12 heavy (non-hydrogen) atoms. The van der Waals surface area contributed by atoms with Gasteiger partial charge in [-0.05, 0) is 6.42 Å². The van der Waals surface area contributed by atoms with Crippen molar-refractivity contribution < 1.29 is 9.90 Å². The minimum Gasteiger partial charge on any atom is -0.480 e. The van der Waals surface area contributed by atoms with Gasteiger partial charge in [-0.15, -0.1) is 0 Å². The van der Waals surface area contributed by atoms with Gasteiger partial charge in [-0.1, -0.05) is 6.92 Å². The van der Waals surface area contributed by atoms with E-state index < -0.39 is 12.0 Å². The summed E-state index contributed by atoms with van der Waals surface area (Å²) in [4.78, 5) is 14.4. The van der Waals surface area contributed by atoms with E-state index in [1.54, 1.807) is 6.92 Å². The lowest BCUT2D eigenvalue weighted by atomic mass is 10.2. The number of carboxylic acids is 1. The number of rotatable bonds is 3. The van der Waals surface area contributed by atoms with Crippen molar-refractivity contribution in [3.05, 3.63) is 12.5 Å². The van der Waals surface area contributed by atoms with E-state index in [-0.39, 0.29) is 0 Å². The molecule has 0 aliphatic heterocycles. The molecule has 0 saturated heterocycles. The molecule has 5 nitrogen and oxygen atoms in total. The molecule has 0 aromatic carbocycles. The lowest BCUT2D eigenvalue weighted by molar-refractivity contribution is -0.141. The molecular weight excluding hydrogens is 158 g/mol. The first kappa shape index (κ1) is 8.58. The van der Waals surface area contributed by atoms with Crippen LogP contribution in [0.5, 0.6) is 0 Å². The quantitative estimate of drug-likeness (QED) is 0.690. The number of aliphatic carboxylic acids is 1. The number of anilines is 1. The van der Waals surface area contributed by atoms with Crippen molar-refractivity contribution in [2.75, 3.05) is 5.73 Å². The van der Waals surface area contributed by atoms with Gasteiger partial charge in [0.25, 0.3) is 0 Å². The molecule has 1 unspecified atom stereocenters. The molecule has 0 aliphatic carbocycles. The van der Waals surface area contributed by atoms with Crippen molar-refractivity contribution in [2.24, 2.45) is 0 Å². The fourth-order valence-electron chi connectivity index (χ4n) is 1.04. The van der Waals surface area contributed by atoms with Gasteiger partial charge in [0.15, 0.2) is 0 Å². The van der Waals surface area contributed by atoms with Crippen LogP contribution in [-0.4, -0.2) is 20.6 Å². The van der Waals surface area contributed by atoms with E-state index in [1.165, 1.54) is 17.1 Å². The average Bonchev–Trinajstić information content (AvgIpc) is 2.37. The van der Waals surface area contributed by atoms with E-state index in [0.717, 1.165) is 0 Å². The summed E-state index contributed by atoms with van der Waals surface area (Å²) in [6.45, 7) is 1.80. The summed E-state index contributed by atoms with van der Waals surface area (Å²) in [5.74, 6) is -0.524. The van der Waals surface area contributed by atoms with Crippen LogP contribution in [0.15, 0.2) is 12.5 Å². The molecule has 0 bridgehead atoms. The summed E-state index contributed by atoms with van der Waals surface area (Å²) >= 11 is 0. The zero-order valence-electron chi connectivity index (χ0n) is 6.77. The highest BCUT2D eigenvalue weighted by Gasteiger charge is 2.16. The SMILES string of the molecule is CCC(C(=O)O)n1cnc(N)c1. The zero-order chi connectivity index (χ0) is 9.14. The number of nitrogens with two attached hydrogens (primary N) is 1. The van der Waals surface area contributed by atoms with Gasteiger partial charge in [-0.2, -0.15) is 0 Å². The molecule has 3 N–H and O–H groups in total. The van der Waals surface area contributed by atoms with Gasteiger partial charge in [0, 0.05) is 6.20 Å². The second-order valence-electron chi connectivity index (χ2n) is 2.51. The highest BCUT2D eigenvalue weighted by atomic mass is 16.4. The number of aromatic nitrogens is 2. The Kier molecular flexibility index (Phi) is 2.32. The summed E-state index contributed by atoms with van der Waals surface area (Å²) in [7, 11) is 0. The number of imidazole rings is 1. The molecule has 1 aromatic heterocycles. The van der Waals surface area contributed by atoms with Gasteiger partial charge >= 0.3 is 5.97 Å². The molecule has 0 radical (unpaired) electrons. The monoisotopic (exact) mass is 169 g/mol. The van der Waals surface area contributed by atoms with E-state index in [1.807, 2.05) is 0 Å². The maximum absolute atomic E-state index is 10.7. The number of hydrogen-bond donors (Lipinski definition) is 2. The molecule has 0 saturated carbocycles. The fourth-order valence-corrected chi connectivity index (χ4v) is 1.04. The average molecular weight is 169 g/mol. The predicted molar refractivity (Wildman–Crippen MR) is 43.6 cm³/mol. The number of nitrogens with zero attached hydrogens (tertiary/aromatic N) is 2. The van der Waals surface area contributed by atoms with E-state index in [9.17, 15) is 4.79 Å². The zero-order valence-corrected chi connectivity index (χ0v) is 6.77. The van der Waals surface area contributed by atoms with Crippen molar-refractivity contribution in [3.63, 3.8) is 0 Å². The van der Waals surface area contributed by atoms with Crippen molar-refractivity contribution in [1.82, 2.24) is 9.55 Å². The van der Waals surface area contributed by atoms with Crippen molar-refractivity contribution in [2.45, 2.75) is 19.4 Å². The van der Waals surface area contributed by atoms with Crippen molar-refractivity contribution in [3.8, 4) is 0 Å². The van der Waals surface area contributed by atoms with Crippen LogP contribution in [-0.2, 0) is 4.79 Å². The van der Waals surface area contributed by atoms with E-state index in [4.69, 9.17) is 10.8 Å². The van der Waals surface area contributed by atoms with Crippen LogP contribution in [0.4, 0.5) is 5.82 Å². The van der Waals surface area contributed by atoms with E-state index in [0.29, 0.717) is 12.2 Å². The minimum absolute atomic E-state index is 0.342. The molecule has 0 spiro atoms. The van der Waals surface area contributed by atoms with Gasteiger partial charge in [-0.3, -0.25) is 0 Å². The third-order valence-electron chi connectivity index (χ3n) is 1.65. The summed E-state index contributed by atoms with van der Waals surface area (Å²) in [6, 6.07) is -0.560. The molecule has 1 rings (SSSR count). The van der Waals surface area contributed by atoms with E-state index >= 15 is 0 Å². The summed E-state index contributed by atoms with van der Waals surface area (Å²) in [6.07, 6.45) is 3.46. The topological polar surface area (TPSA) is 81.1 Å². The third-order valence-corrected chi connectivity index (χ3v) is 1.65. The molecular formula is C7H11N3O2. The van der Waals surface area contributed by atoms with Gasteiger partial charge in [-0.25, -0.2) is 9.78 Å². The Morgan fingerprint density at radius 2 is 2.58 bits per heavy atom. The van der Waals surface area contributed by atoms with Gasteiger partial charge < -0.3 is 15.4 Å².